The molecule has 11 N–H and O–H groups in total. The number of aromatic nitrogens is 1. The Hall–Kier alpha value is -3.78. The first-order valence-corrected chi connectivity index (χ1v) is 13.7. The number of guanidine groups is 1. The SMILES string of the molecule is CCC(C)C(N)C(=O)NC(CS)C(=O)NC(CCCN=C(N)N)C(=O)NC(Cc1c[nH]c2ccccc12)C(=O)O. The van der Waals surface area contributed by atoms with Crippen molar-refractivity contribution in [3.8, 4) is 0 Å². The number of carboxylic acids is 1. The van der Waals surface area contributed by atoms with Crippen LogP contribution in [0, 0.1) is 5.92 Å². The van der Waals surface area contributed by atoms with Crippen LogP contribution < -0.4 is 33.2 Å². The lowest BCUT2D eigenvalue weighted by Gasteiger charge is -2.25. The molecule has 5 unspecified atom stereocenters. The molecule has 1 heterocycles. The van der Waals surface area contributed by atoms with Gasteiger partial charge in [0.25, 0.3) is 0 Å². The van der Waals surface area contributed by atoms with Crippen molar-refractivity contribution >= 4 is 53.2 Å². The Balaban J connectivity index is 2.17. The average molecular weight is 577 g/mol. The molecule has 0 bridgehead atoms. The minimum Gasteiger partial charge on any atom is -0.480 e. The maximum atomic E-state index is 13.3. The lowest BCUT2D eigenvalue weighted by molar-refractivity contribution is -0.142. The van der Waals surface area contributed by atoms with Gasteiger partial charge in [-0.2, -0.15) is 12.6 Å². The van der Waals surface area contributed by atoms with E-state index in [1.807, 2.05) is 38.1 Å². The van der Waals surface area contributed by atoms with Gasteiger partial charge in [-0.15, -0.1) is 0 Å². The van der Waals surface area contributed by atoms with Gasteiger partial charge in [-0.25, -0.2) is 4.79 Å². The van der Waals surface area contributed by atoms with Crippen LogP contribution in [0.1, 0.15) is 38.7 Å². The fourth-order valence-corrected chi connectivity index (χ4v) is 4.27. The number of para-hydroxylation sites is 1. The molecule has 40 heavy (non-hydrogen) atoms. The number of hydrogen-bond donors (Lipinski definition) is 9. The van der Waals surface area contributed by atoms with Gasteiger partial charge >= 0.3 is 5.97 Å². The predicted molar refractivity (Wildman–Crippen MR) is 157 cm³/mol. The van der Waals surface area contributed by atoms with E-state index >= 15 is 0 Å². The van der Waals surface area contributed by atoms with Gasteiger partial charge in [-0.1, -0.05) is 38.5 Å². The van der Waals surface area contributed by atoms with Crippen molar-refractivity contribution in [1.82, 2.24) is 20.9 Å². The Morgan fingerprint density at radius 3 is 2.27 bits per heavy atom. The van der Waals surface area contributed by atoms with E-state index in [0.717, 1.165) is 10.9 Å². The molecule has 0 aliphatic carbocycles. The second kappa shape index (κ2) is 15.7. The van der Waals surface area contributed by atoms with Gasteiger partial charge in [0.05, 0.1) is 6.04 Å². The normalized spacial score (nSPS) is 14.8. The largest absolute Gasteiger partial charge is 0.480 e. The van der Waals surface area contributed by atoms with Crippen LogP contribution in [0.15, 0.2) is 35.5 Å². The predicted octanol–water partition coefficient (Wildman–Crippen LogP) is -0.394. The Morgan fingerprint density at radius 2 is 1.65 bits per heavy atom. The minimum absolute atomic E-state index is 0.0164. The number of thiol groups is 1. The molecule has 0 aliphatic rings. The number of rotatable bonds is 16. The summed E-state index contributed by atoms with van der Waals surface area (Å²) in [6.45, 7) is 3.91. The van der Waals surface area contributed by atoms with Crippen molar-refractivity contribution in [2.75, 3.05) is 12.3 Å². The van der Waals surface area contributed by atoms with Gasteiger partial charge in [0.1, 0.15) is 18.1 Å². The van der Waals surface area contributed by atoms with Crippen LogP contribution in [0.2, 0.25) is 0 Å². The van der Waals surface area contributed by atoms with Gasteiger partial charge < -0.3 is 43.2 Å². The number of fused-ring (bicyclic) bond motifs is 1. The van der Waals surface area contributed by atoms with Crippen molar-refractivity contribution < 1.29 is 24.3 Å². The molecular weight excluding hydrogens is 536 g/mol. The molecule has 1 aromatic carbocycles. The summed E-state index contributed by atoms with van der Waals surface area (Å²) in [5.41, 5.74) is 18.3. The molecule has 13 nitrogen and oxygen atoms in total. The molecule has 0 spiro atoms. The number of hydrogen-bond acceptors (Lipinski definition) is 7. The molecule has 2 rings (SSSR count). The minimum atomic E-state index is -1.27. The molecule has 3 amide bonds. The Kier molecular flexibility index (Phi) is 12.7. The Morgan fingerprint density at radius 1 is 1.02 bits per heavy atom. The molecule has 220 valence electrons. The second-order valence-corrected chi connectivity index (χ2v) is 9.99. The number of aromatic amines is 1. The monoisotopic (exact) mass is 576 g/mol. The molecule has 5 atom stereocenters. The zero-order valence-corrected chi connectivity index (χ0v) is 23.6. The summed E-state index contributed by atoms with van der Waals surface area (Å²) in [5, 5.41) is 18.4. The lowest BCUT2D eigenvalue weighted by atomic mass is 9.99. The maximum absolute atomic E-state index is 13.3. The van der Waals surface area contributed by atoms with Gasteiger partial charge in [0, 0.05) is 35.8 Å². The summed E-state index contributed by atoms with van der Waals surface area (Å²) in [6.07, 6.45) is 2.81. The van der Waals surface area contributed by atoms with Crippen LogP contribution in [0.25, 0.3) is 10.9 Å². The van der Waals surface area contributed by atoms with Gasteiger partial charge in [0.15, 0.2) is 5.96 Å². The molecule has 0 saturated carbocycles. The van der Waals surface area contributed by atoms with E-state index in [0.29, 0.717) is 18.4 Å². The summed E-state index contributed by atoms with van der Waals surface area (Å²) < 4.78 is 0. The maximum Gasteiger partial charge on any atom is 0.326 e. The van der Waals surface area contributed by atoms with Crippen LogP contribution in [0.4, 0.5) is 0 Å². The first-order valence-electron chi connectivity index (χ1n) is 13.1. The number of nitrogens with zero attached hydrogens (tertiary/aromatic N) is 1. The fourth-order valence-electron chi connectivity index (χ4n) is 4.01. The van der Waals surface area contributed by atoms with Crippen LogP contribution in [-0.4, -0.2) is 76.2 Å². The summed E-state index contributed by atoms with van der Waals surface area (Å²) in [6, 6.07) is 3.12. The van der Waals surface area contributed by atoms with E-state index in [-0.39, 0.29) is 37.0 Å². The first kappa shape index (κ1) is 32.4. The lowest BCUT2D eigenvalue weighted by Crippen LogP contribution is -2.58. The number of aliphatic carboxylic acids is 1. The molecule has 0 aliphatic heterocycles. The summed E-state index contributed by atoms with van der Waals surface area (Å²) in [4.78, 5) is 57.9. The topological polar surface area (TPSA) is 231 Å². The quantitative estimate of drug-likeness (QED) is 0.0551. The first-order chi connectivity index (χ1) is 19.0. The number of carbonyl (C=O) groups excluding carboxylic acids is 3. The number of amides is 3. The van der Waals surface area contributed by atoms with Crippen LogP contribution in [-0.2, 0) is 25.6 Å². The molecule has 2 aromatic rings. The van der Waals surface area contributed by atoms with Crippen molar-refractivity contribution in [2.24, 2.45) is 28.1 Å². The van der Waals surface area contributed by atoms with Crippen molar-refractivity contribution in [3.63, 3.8) is 0 Å². The highest BCUT2D eigenvalue weighted by atomic mass is 32.1. The standard InChI is InChI=1S/C26H40N8O5S/c1-3-14(2)21(27)24(37)34-20(13-40)23(36)32-18(9-6-10-30-26(28)29)22(35)33-19(25(38)39)11-15-12-31-17-8-5-4-7-16(15)17/h4-5,7-8,12,14,18-21,31,40H,3,6,9-11,13,27H2,1-2H3,(H,32,36)(H,33,35)(H,34,37)(H,38,39)(H4,28,29,30). The molecule has 14 heteroatoms. The van der Waals surface area contributed by atoms with Crippen molar-refractivity contribution in [3.05, 3.63) is 36.0 Å². The summed E-state index contributed by atoms with van der Waals surface area (Å²) in [5.74, 6) is -3.39. The van der Waals surface area contributed by atoms with Crippen LogP contribution in [0.3, 0.4) is 0 Å². The summed E-state index contributed by atoms with van der Waals surface area (Å²) >= 11 is 4.17. The molecule has 0 fully saturated rings. The number of nitrogens with two attached hydrogens (primary N) is 3. The second-order valence-electron chi connectivity index (χ2n) is 9.63. The van der Waals surface area contributed by atoms with E-state index in [9.17, 15) is 24.3 Å². The van der Waals surface area contributed by atoms with Gasteiger partial charge in [0.2, 0.25) is 17.7 Å². The third-order valence-electron chi connectivity index (χ3n) is 6.67. The highest BCUT2D eigenvalue weighted by Gasteiger charge is 2.30. The van der Waals surface area contributed by atoms with E-state index in [1.54, 1.807) is 6.20 Å². The molecule has 1 aromatic heterocycles. The number of nitrogens with one attached hydrogen (secondary N) is 4. The zero-order valence-electron chi connectivity index (χ0n) is 22.7. The summed E-state index contributed by atoms with van der Waals surface area (Å²) in [7, 11) is 0. The Bertz CT molecular complexity index is 1200. The van der Waals surface area contributed by atoms with Crippen LogP contribution in [0.5, 0.6) is 0 Å². The third kappa shape index (κ3) is 9.45. The van der Waals surface area contributed by atoms with Crippen molar-refractivity contribution in [2.45, 2.75) is 63.7 Å². The highest BCUT2D eigenvalue weighted by molar-refractivity contribution is 7.80. The molecule has 0 saturated heterocycles. The van der Waals surface area contributed by atoms with Gasteiger partial charge in [-0.05, 0) is 30.4 Å². The molecule has 0 radical (unpaired) electrons. The van der Waals surface area contributed by atoms with E-state index < -0.39 is 47.9 Å². The van der Waals surface area contributed by atoms with Crippen LogP contribution >= 0.6 is 12.6 Å². The average Bonchev–Trinajstić information content (AvgIpc) is 3.34. The van der Waals surface area contributed by atoms with E-state index in [2.05, 4.69) is 38.6 Å². The number of carboxylic acid groups (broad SMARTS) is 1. The number of aliphatic imine (C=N–C) groups is 1. The highest BCUT2D eigenvalue weighted by Crippen LogP contribution is 2.19. The number of benzene rings is 1. The number of carbonyl (C=O) groups is 4. The third-order valence-corrected chi connectivity index (χ3v) is 7.03. The Labute approximate surface area is 238 Å². The van der Waals surface area contributed by atoms with Crippen molar-refractivity contribution in [1.29, 1.82) is 0 Å². The van der Waals surface area contributed by atoms with Gasteiger partial charge in [-0.3, -0.25) is 19.4 Å². The smallest absolute Gasteiger partial charge is 0.326 e. The number of H-pyrrole nitrogens is 1. The van der Waals surface area contributed by atoms with E-state index in [1.165, 1.54) is 0 Å². The zero-order chi connectivity index (χ0) is 29.8. The van der Waals surface area contributed by atoms with E-state index in [4.69, 9.17) is 17.2 Å². The molecular formula is C26H40N8O5S. The fraction of sp³-hybridized carbons (Fsp3) is 0.500.